The van der Waals surface area contributed by atoms with E-state index in [0.29, 0.717) is 4.47 Å². The summed E-state index contributed by atoms with van der Waals surface area (Å²) in [5, 5.41) is 8.47. The molecule has 0 saturated carbocycles. The minimum absolute atomic E-state index is 0.0503. The third kappa shape index (κ3) is 1.68. The number of carboxylic acid groups (broad SMARTS) is 1. The normalized spacial score (nSPS) is 9.55. The first-order chi connectivity index (χ1) is 5.11. The van der Waals surface area contributed by atoms with E-state index in [1.807, 2.05) is 0 Å². The number of rotatable bonds is 1. The lowest BCUT2D eigenvalue weighted by molar-refractivity contribution is 0.0690. The third-order valence-corrected chi connectivity index (χ3v) is 1.76. The number of carbonyl (C=O) groups is 1. The van der Waals surface area contributed by atoms with E-state index < -0.39 is 5.97 Å². The van der Waals surface area contributed by atoms with Crippen molar-refractivity contribution >= 4 is 27.7 Å². The Hall–Kier alpha value is -1.10. The Balaban J connectivity index is 3.15. The summed E-state index contributed by atoms with van der Waals surface area (Å²) in [5.41, 5.74) is 5.29. The van der Waals surface area contributed by atoms with Gasteiger partial charge in [0.15, 0.2) is 5.69 Å². The highest BCUT2D eigenvalue weighted by atomic mass is 79.9. The van der Waals surface area contributed by atoms with Crippen LogP contribution in [0.4, 0.5) is 5.82 Å². The standard InChI is InChI=1S/C6H5BrN2O2/c7-3-1-2-4(6(10)11)9-5(3)8/h1-2H,(H2,8,9)(H,10,11). The van der Waals surface area contributed by atoms with E-state index in [2.05, 4.69) is 20.9 Å². The molecule has 5 heteroatoms. The van der Waals surface area contributed by atoms with Crippen LogP contribution in [0.5, 0.6) is 0 Å². The molecule has 0 aliphatic rings. The molecule has 1 aromatic rings. The number of aromatic nitrogens is 1. The minimum atomic E-state index is -1.08. The fourth-order valence-electron chi connectivity index (χ4n) is 0.577. The smallest absolute Gasteiger partial charge is 0.354 e. The Bertz CT molecular complexity index is 301. The van der Waals surface area contributed by atoms with E-state index in [4.69, 9.17) is 10.8 Å². The van der Waals surface area contributed by atoms with Crippen molar-refractivity contribution in [3.8, 4) is 0 Å². The van der Waals surface area contributed by atoms with Gasteiger partial charge < -0.3 is 10.8 Å². The van der Waals surface area contributed by atoms with E-state index in [9.17, 15) is 4.79 Å². The molecule has 0 radical (unpaired) electrons. The third-order valence-electron chi connectivity index (χ3n) is 1.09. The van der Waals surface area contributed by atoms with Crippen molar-refractivity contribution in [2.75, 3.05) is 5.73 Å². The summed E-state index contributed by atoms with van der Waals surface area (Å²) in [4.78, 5) is 13.9. The van der Waals surface area contributed by atoms with Gasteiger partial charge in [0.05, 0.1) is 4.47 Å². The molecule has 0 bridgehead atoms. The summed E-state index contributed by atoms with van der Waals surface area (Å²) in [6.45, 7) is 0. The van der Waals surface area contributed by atoms with Crippen molar-refractivity contribution in [2.45, 2.75) is 0 Å². The molecule has 0 aromatic carbocycles. The summed E-state index contributed by atoms with van der Waals surface area (Å²) >= 11 is 3.10. The zero-order valence-corrected chi connectivity index (χ0v) is 7.00. The van der Waals surface area contributed by atoms with E-state index in [0.717, 1.165) is 0 Å². The number of carboxylic acids is 1. The predicted octanol–water partition coefficient (Wildman–Crippen LogP) is 1.12. The lowest BCUT2D eigenvalue weighted by atomic mass is 10.3. The van der Waals surface area contributed by atoms with E-state index in [1.54, 1.807) is 6.07 Å². The summed E-state index contributed by atoms with van der Waals surface area (Å²) < 4.78 is 0.600. The molecule has 0 spiro atoms. The number of hydrogen-bond donors (Lipinski definition) is 2. The number of halogens is 1. The number of nitrogens with two attached hydrogens (primary N) is 1. The van der Waals surface area contributed by atoms with Crippen LogP contribution in [0.2, 0.25) is 0 Å². The van der Waals surface area contributed by atoms with Gasteiger partial charge in [-0.2, -0.15) is 0 Å². The molecule has 0 aliphatic heterocycles. The van der Waals surface area contributed by atoms with Crippen LogP contribution in [-0.2, 0) is 0 Å². The van der Waals surface area contributed by atoms with Crippen molar-refractivity contribution in [1.82, 2.24) is 4.98 Å². The molecule has 4 nitrogen and oxygen atoms in total. The number of nitrogens with zero attached hydrogens (tertiary/aromatic N) is 1. The molecule has 0 fully saturated rings. The second-order valence-electron chi connectivity index (χ2n) is 1.87. The predicted molar refractivity (Wildman–Crippen MR) is 43.3 cm³/mol. The number of pyridine rings is 1. The molecule has 0 saturated heterocycles. The van der Waals surface area contributed by atoms with Crippen LogP contribution in [0.1, 0.15) is 10.5 Å². The summed E-state index contributed by atoms with van der Waals surface area (Å²) in [7, 11) is 0. The average molecular weight is 217 g/mol. The lowest BCUT2D eigenvalue weighted by Gasteiger charge is -1.97. The first-order valence-electron chi connectivity index (χ1n) is 2.76. The van der Waals surface area contributed by atoms with Crippen molar-refractivity contribution in [3.05, 3.63) is 22.3 Å². The SMILES string of the molecule is Nc1nc(C(=O)O)ccc1Br. The fourth-order valence-corrected chi connectivity index (χ4v) is 0.798. The van der Waals surface area contributed by atoms with Crippen LogP contribution in [0.25, 0.3) is 0 Å². The second kappa shape index (κ2) is 2.87. The monoisotopic (exact) mass is 216 g/mol. The molecule has 3 N–H and O–H groups in total. The van der Waals surface area contributed by atoms with Crippen molar-refractivity contribution in [1.29, 1.82) is 0 Å². The lowest BCUT2D eigenvalue weighted by Crippen LogP contribution is -2.02. The molecular weight excluding hydrogens is 212 g/mol. The van der Waals surface area contributed by atoms with Gasteiger partial charge in [0.25, 0.3) is 0 Å². The number of anilines is 1. The van der Waals surface area contributed by atoms with Gasteiger partial charge >= 0.3 is 5.97 Å². The highest BCUT2D eigenvalue weighted by Gasteiger charge is 2.05. The summed E-state index contributed by atoms with van der Waals surface area (Å²) in [6.07, 6.45) is 0. The fraction of sp³-hybridized carbons (Fsp3) is 0. The van der Waals surface area contributed by atoms with Crippen LogP contribution < -0.4 is 5.73 Å². The summed E-state index contributed by atoms with van der Waals surface area (Å²) in [6, 6.07) is 2.93. The van der Waals surface area contributed by atoms with Gasteiger partial charge in [-0.25, -0.2) is 9.78 Å². The van der Waals surface area contributed by atoms with Gasteiger partial charge in [0.2, 0.25) is 0 Å². The topological polar surface area (TPSA) is 76.2 Å². The molecule has 0 unspecified atom stereocenters. The molecule has 0 aliphatic carbocycles. The van der Waals surface area contributed by atoms with Crippen molar-refractivity contribution < 1.29 is 9.90 Å². The zero-order chi connectivity index (χ0) is 8.43. The first-order valence-corrected chi connectivity index (χ1v) is 3.56. The zero-order valence-electron chi connectivity index (χ0n) is 5.41. The van der Waals surface area contributed by atoms with Crippen LogP contribution in [0, 0.1) is 0 Å². The minimum Gasteiger partial charge on any atom is -0.477 e. The van der Waals surface area contributed by atoms with Crippen molar-refractivity contribution in [3.63, 3.8) is 0 Å². The maximum absolute atomic E-state index is 10.3. The second-order valence-corrected chi connectivity index (χ2v) is 2.72. The van der Waals surface area contributed by atoms with Gasteiger partial charge in [-0.05, 0) is 28.1 Å². The number of hydrogen-bond acceptors (Lipinski definition) is 3. The summed E-state index contributed by atoms with van der Waals surface area (Å²) in [5.74, 6) is -0.894. The maximum Gasteiger partial charge on any atom is 0.354 e. The van der Waals surface area contributed by atoms with Gasteiger partial charge in [0.1, 0.15) is 5.82 Å². The highest BCUT2D eigenvalue weighted by molar-refractivity contribution is 9.10. The molecule has 0 atom stereocenters. The molecule has 1 heterocycles. The Morgan fingerprint density at radius 2 is 2.27 bits per heavy atom. The Morgan fingerprint density at radius 3 is 2.73 bits per heavy atom. The van der Waals surface area contributed by atoms with E-state index in [-0.39, 0.29) is 11.5 Å². The Morgan fingerprint density at radius 1 is 1.64 bits per heavy atom. The average Bonchev–Trinajstić information content (AvgIpc) is 1.94. The molecule has 1 rings (SSSR count). The van der Waals surface area contributed by atoms with Gasteiger partial charge in [0, 0.05) is 0 Å². The molecule has 58 valence electrons. The first kappa shape index (κ1) is 8.00. The van der Waals surface area contributed by atoms with Gasteiger partial charge in [-0.1, -0.05) is 0 Å². The molecule has 0 amide bonds. The van der Waals surface area contributed by atoms with E-state index >= 15 is 0 Å². The van der Waals surface area contributed by atoms with Crippen molar-refractivity contribution in [2.24, 2.45) is 0 Å². The van der Waals surface area contributed by atoms with E-state index in [1.165, 1.54) is 6.07 Å². The number of nitrogen functional groups attached to an aromatic ring is 1. The quantitative estimate of drug-likeness (QED) is 0.738. The largest absolute Gasteiger partial charge is 0.477 e. The molecule has 11 heavy (non-hydrogen) atoms. The van der Waals surface area contributed by atoms with Crippen LogP contribution in [0.3, 0.4) is 0 Å². The Kier molecular flexibility index (Phi) is 2.09. The molecule has 1 aromatic heterocycles. The van der Waals surface area contributed by atoms with Gasteiger partial charge in [-0.15, -0.1) is 0 Å². The highest BCUT2D eigenvalue weighted by Crippen LogP contribution is 2.16. The van der Waals surface area contributed by atoms with Gasteiger partial charge in [-0.3, -0.25) is 0 Å². The number of aromatic carboxylic acids is 1. The maximum atomic E-state index is 10.3. The molecular formula is C6H5BrN2O2. The Labute approximate surface area is 71.2 Å². The van der Waals surface area contributed by atoms with Crippen LogP contribution >= 0.6 is 15.9 Å². The van der Waals surface area contributed by atoms with Crippen LogP contribution in [-0.4, -0.2) is 16.1 Å². The van der Waals surface area contributed by atoms with Crippen LogP contribution in [0.15, 0.2) is 16.6 Å².